The third-order valence-corrected chi connectivity index (χ3v) is 5.03. The molecule has 31 heavy (non-hydrogen) atoms. The molecule has 0 radical (unpaired) electrons. The van der Waals surface area contributed by atoms with Crippen molar-refractivity contribution in [2.45, 2.75) is 6.92 Å². The third-order valence-electron chi connectivity index (χ3n) is 4.13. The smallest absolute Gasteiger partial charge is 0.344 e. The van der Waals surface area contributed by atoms with Crippen LogP contribution in [0, 0.1) is 5.82 Å². The molecule has 0 aromatic heterocycles. The molecule has 0 unspecified atom stereocenters. The summed E-state index contributed by atoms with van der Waals surface area (Å²) in [7, 11) is 0. The zero-order chi connectivity index (χ0) is 22.2. The van der Waals surface area contributed by atoms with Crippen LogP contribution in [0.4, 0.5) is 9.18 Å². The van der Waals surface area contributed by atoms with Crippen molar-refractivity contribution in [3.63, 3.8) is 0 Å². The first-order valence-electron chi connectivity index (χ1n) is 9.49. The molecular formula is C22H20FNO6S. The topological polar surface area (TPSA) is 82.1 Å². The van der Waals surface area contributed by atoms with Gasteiger partial charge in [0.15, 0.2) is 6.61 Å². The average Bonchev–Trinajstić information content (AvgIpc) is 3.02. The molecule has 0 bridgehead atoms. The molecule has 1 saturated heterocycles. The summed E-state index contributed by atoms with van der Waals surface area (Å²) in [5.74, 6) is -0.495. The van der Waals surface area contributed by atoms with Gasteiger partial charge in [0.25, 0.3) is 11.1 Å². The first kappa shape index (κ1) is 22.4. The molecule has 162 valence electrons. The highest BCUT2D eigenvalue weighted by atomic mass is 32.2. The molecule has 0 saturated carbocycles. The van der Waals surface area contributed by atoms with Crippen molar-refractivity contribution in [1.29, 1.82) is 0 Å². The minimum atomic E-state index is -0.501. The summed E-state index contributed by atoms with van der Waals surface area (Å²) in [6.45, 7) is 1.83. The van der Waals surface area contributed by atoms with Crippen molar-refractivity contribution in [1.82, 2.24) is 4.90 Å². The zero-order valence-electron chi connectivity index (χ0n) is 16.7. The number of halogens is 1. The number of rotatable bonds is 9. The molecule has 0 N–H and O–H groups in total. The van der Waals surface area contributed by atoms with Crippen molar-refractivity contribution < 1.29 is 33.0 Å². The summed E-state index contributed by atoms with van der Waals surface area (Å²) in [6, 6.07) is 12.3. The SMILES string of the molecule is CCOC(=O)COc1ccccc1C=C1SC(=O)N(CCOc2ccc(F)cc2)C1=O. The minimum absolute atomic E-state index is 0.0559. The van der Waals surface area contributed by atoms with Crippen LogP contribution in [0.1, 0.15) is 12.5 Å². The number of carbonyl (C=O) groups excluding carboxylic acids is 3. The third kappa shape index (κ3) is 6.08. The van der Waals surface area contributed by atoms with Gasteiger partial charge in [0.1, 0.15) is 23.9 Å². The fraction of sp³-hybridized carbons (Fsp3) is 0.227. The molecule has 0 atom stereocenters. The second-order valence-electron chi connectivity index (χ2n) is 6.27. The molecule has 9 heteroatoms. The minimum Gasteiger partial charge on any atom is -0.492 e. The molecule has 1 fully saturated rings. The van der Waals surface area contributed by atoms with Gasteiger partial charge in [-0.15, -0.1) is 0 Å². The summed E-state index contributed by atoms with van der Waals surface area (Å²) in [4.78, 5) is 37.8. The van der Waals surface area contributed by atoms with E-state index < -0.39 is 17.1 Å². The van der Waals surface area contributed by atoms with Gasteiger partial charge in [0.05, 0.1) is 18.1 Å². The van der Waals surface area contributed by atoms with Gasteiger partial charge >= 0.3 is 5.97 Å². The Morgan fingerprint density at radius 2 is 1.84 bits per heavy atom. The lowest BCUT2D eigenvalue weighted by Gasteiger charge is -2.13. The Bertz CT molecular complexity index is 992. The predicted octanol–water partition coefficient (Wildman–Crippen LogP) is 3.88. The number of imide groups is 1. The molecule has 0 aliphatic carbocycles. The maximum atomic E-state index is 12.9. The molecule has 2 aromatic rings. The highest BCUT2D eigenvalue weighted by Crippen LogP contribution is 2.33. The summed E-state index contributed by atoms with van der Waals surface area (Å²) in [5.41, 5.74) is 0.555. The van der Waals surface area contributed by atoms with Crippen molar-refractivity contribution in [2.24, 2.45) is 0 Å². The Labute approximate surface area is 182 Å². The van der Waals surface area contributed by atoms with Crippen LogP contribution in [0.5, 0.6) is 11.5 Å². The Hall–Kier alpha value is -3.33. The summed E-state index contributed by atoms with van der Waals surface area (Å²) >= 11 is 0.812. The van der Waals surface area contributed by atoms with Gasteiger partial charge < -0.3 is 14.2 Å². The molecule has 7 nitrogen and oxygen atoms in total. The quantitative estimate of drug-likeness (QED) is 0.428. The first-order chi connectivity index (χ1) is 15.0. The highest BCUT2D eigenvalue weighted by Gasteiger charge is 2.35. The van der Waals surface area contributed by atoms with E-state index in [0.29, 0.717) is 17.1 Å². The maximum absolute atomic E-state index is 12.9. The number of hydrogen-bond donors (Lipinski definition) is 0. The van der Waals surface area contributed by atoms with Gasteiger partial charge in [-0.2, -0.15) is 0 Å². The van der Waals surface area contributed by atoms with Crippen molar-refractivity contribution >= 4 is 35.0 Å². The summed E-state index contributed by atoms with van der Waals surface area (Å²) in [6.07, 6.45) is 1.55. The number of benzene rings is 2. The fourth-order valence-corrected chi connectivity index (χ4v) is 3.55. The van der Waals surface area contributed by atoms with E-state index in [9.17, 15) is 18.8 Å². The number of carbonyl (C=O) groups is 3. The molecular weight excluding hydrogens is 425 g/mol. The van der Waals surface area contributed by atoms with E-state index in [4.69, 9.17) is 14.2 Å². The molecule has 3 rings (SSSR count). The first-order valence-corrected chi connectivity index (χ1v) is 10.3. The number of amides is 2. The average molecular weight is 445 g/mol. The van der Waals surface area contributed by atoms with Gasteiger partial charge in [0, 0.05) is 5.56 Å². The summed E-state index contributed by atoms with van der Waals surface area (Å²) < 4.78 is 28.7. The number of esters is 1. The van der Waals surface area contributed by atoms with E-state index in [0.717, 1.165) is 16.7 Å². The van der Waals surface area contributed by atoms with E-state index in [1.165, 1.54) is 24.3 Å². The van der Waals surface area contributed by atoms with Crippen LogP contribution in [0.25, 0.3) is 6.08 Å². The van der Waals surface area contributed by atoms with Crippen molar-refractivity contribution in [3.05, 3.63) is 64.8 Å². The van der Waals surface area contributed by atoms with Crippen LogP contribution >= 0.6 is 11.8 Å². The van der Waals surface area contributed by atoms with Crippen LogP contribution in [-0.2, 0) is 14.3 Å². The van der Waals surface area contributed by atoms with Crippen LogP contribution < -0.4 is 9.47 Å². The zero-order valence-corrected chi connectivity index (χ0v) is 17.5. The Balaban J connectivity index is 1.63. The lowest BCUT2D eigenvalue weighted by molar-refractivity contribution is -0.145. The lowest BCUT2D eigenvalue weighted by atomic mass is 10.2. The van der Waals surface area contributed by atoms with E-state index >= 15 is 0 Å². The number of ether oxygens (including phenoxy) is 3. The Kier molecular flexibility index (Phi) is 7.66. The second-order valence-corrected chi connectivity index (χ2v) is 7.26. The van der Waals surface area contributed by atoms with Crippen molar-refractivity contribution in [3.8, 4) is 11.5 Å². The fourth-order valence-electron chi connectivity index (χ4n) is 2.69. The van der Waals surface area contributed by atoms with Crippen LogP contribution in [-0.4, -0.2) is 48.4 Å². The van der Waals surface area contributed by atoms with E-state index in [1.54, 1.807) is 37.3 Å². The van der Waals surface area contributed by atoms with E-state index in [1.807, 2.05) is 0 Å². The summed E-state index contributed by atoms with van der Waals surface area (Å²) in [5, 5.41) is -0.413. The molecule has 0 spiro atoms. The van der Waals surface area contributed by atoms with Crippen molar-refractivity contribution in [2.75, 3.05) is 26.4 Å². The Morgan fingerprint density at radius 3 is 2.58 bits per heavy atom. The molecule has 2 amide bonds. The lowest BCUT2D eigenvalue weighted by Crippen LogP contribution is -2.32. The molecule has 1 aliphatic heterocycles. The maximum Gasteiger partial charge on any atom is 0.344 e. The number of para-hydroxylation sites is 1. The highest BCUT2D eigenvalue weighted by molar-refractivity contribution is 8.18. The number of nitrogens with zero attached hydrogens (tertiary/aromatic N) is 1. The largest absolute Gasteiger partial charge is 0.492 e. The van der Waals surface area contributed by atoms with Crippen LogP contribution in [0.3, 0.4) is 0 Å². The number of hydrogen-bond acceptors (Lipinski definition) is 7. The predicted molar refractivity (Wildman–Crippen MR) is 113 cm³/mol. The van der Waals surface area contributed by atoms with Gasteiger partial charge in [-0.1, -0.05) is 18.2 Å². The van der Waals surface area contributed by atoms with Gasteiger partial charge in [0.2, 0.25) is 0 Å². The second kappa shape index (κ2) is 10.6. The van der Waals surface area contributed by atoms with Gasteiger partial charge in [-0.3, -0.25) is 14.5 Å². The standard InChI is InChI=1S/C22H20FNO6S/c1-2-28-20(25)14-30-18-6-4-3-5-15(18)13-19-21(26)24(22(27)31-19)11-12-29-17-9-7-16(23)8-10-17/h3-10,13H,2,11-12,14H2,1H3. The molecule has 2 aromatic carbocycles. The van der Waals surface area contributed by atoms with Crippen LogP contribution in [0.15, 0.2) is 53.4 Å². The number of thioether (sulfide) groups is 1. The van der Waals surface area contributed by atoms with Gasteiger partial charge in [-0.25, -0.2) is 9.18 Å². The van der Waals surface area contributed by atoms with E-state index in [-0.39, 0.29) is 37.1 Å². The monoisotopic (exact) mass is 445 g/mol. The molecule has 1 heterocycles. The van der Waals surface area contributed by atoms with E-state index in [2.05, 4.69) is 0 Å². The normalized spacial score (nSPS) is 14.8. The van der Waals surface area contributed by atoms with Gasteiger partial charge in [-0.05, 0) is 55.1 Å². The Morgan fingerprint density at radius 1 is 1.10 bits per heavy atom. The van der Waals surface area contributed by atoms with Crippen LogP contribution in [0.2, 0.25) is 0 Å². The molecule has 1 aliphatic rings.